The van der Waals surface area contributed by atoms with E-state index >= 15 is 0 Å². The number of nitrogens with zero attached hydrogens (tertiary/aromatic N) is 1. The normalized spacial score (nSPS) is 20.5. The summed E-state index contributed by atoms with van der Waals surface area (Å²) < 4.78 is 0. The van der Waals surface area contributed by atoms with Gasteiger partial charge in [0.2, 0.25) is 0 Å². The number of benzene rings is 1. The van der Waals surface area contributed by atoms with Crippen LogP contribution in [0.3, 0.4) is 0 Å². The number of fused-ring (bicyclic) bond motifs is 1. The van der Waals surface area contributed by atoms with E-state index in [1.165, 1.54) is 53.5 Å². The first-order valence-electron chi connectivity index (χ1n) is 7.20. The fourth-order valence-electron chi connectivity index (χ4n) is 3.44. The number of aryl methyl sites for hydroxylation is 2. The summed E-state index contributed by atoms with van der Waals surface area (Å²) in [4.78, 5) is 0. The van der Waals surface area contributed by atoms with Gasteiger partial charge in [-0.05, 0) is 67.7 Å². The summed E-state index contributed by atoms with van der Waals surface area (Å²) in [5.74, 6) is 0. The maximum absolute atomic E-state index is 9.13. The van der Waals surface area contributed by atoms with Gasteiger partial charge in [-0.25, -0.2) is 0 Å². The van der Waals surface area contributed by atoms with Crippen molar-refractivity contribution in [1.82, 2.24) is 0 Å². The number of nitriles is 1. The minimum absolute atomic E-state index is 1.12. The van der Waals surface area contributed by atoms with E-state index < -0.39 is 0 Å². The van der Waals surface area contributed by atoms with Gasteiger partial charge in [0, 0.05) is 6.08 Å². The summed E-state index contributed by atoms with van der Waals surface area (Å²) in [6.45, 7) is 2.15. The number of hydrogen-bond donors (Lipinski definition) is 0. The van der Waals surface area contributed by atoms with Crippen molar-refractivity contribution in [3.63, 3.8) is 0 Å². The Morgan fingerprint density at radius 3 is 2.79 bits per heavy atom. The third-order valence-electron chi connectivity index (χ3n) is 4.36. The standard InChI is InChI=1S/C18H19N/c1-13-6-9-17-15(12-13)8-7-14-4-2-3-5-16(14)18(17)10-11-19/h6,9-10,12H,2-5,7-8H2,1H3/b18-10+. The van der Waals surface area contributed by atoms with E-state index in [-0.39, 0.29) is 0 Å². The van der Waals surface area contributed by atoms with Crippen LogP contribution in [0.15, 0.2) is 35.4 Å². The topological polar surface area (TPSA) is 23.8 Å². The monoisotopic (exact) mass is 249 g/mol. The molecule has 0 saturated carbocycles. The van der Waals surface area contributed by atoms with Crippen LogP contribution in [0.25, 0.3) is 5.57 Å². The van der Waals surface area contributed by atoms with E-state index in [0.29, 0.717) is 0 Å². The third-order valence-corrected chi connectivity index (χ3v) is 4.36. The zero-order valence-electron chi connectivity index (χ0n) is 11.5. The Kier molecular flexibility index (Phi) is 3.25. The molecule has 2 aliphatic rings. The van der Waals surface area contributed by atoms with Crippen LogP contribution in [0.2, 0.25) is 0 Å². The Morgan fingerprint density at radius 1 is 1.11 bits per heavy atom. The molecular formula is C18H19N. The van der Waals surface area contributed by atoms with Gasteiger partial charge < -0.3 is 0 Å². The smallest absolute Gasteiger partial charge is 0.0918 e. The highest BCUT2D eigenvalue weighted by Crippen LogP contribution is 2.41. The van der Waals surface area contributed by atoms with Crippen LogP contribution in [0, 0.1) is 18.3 Å². The van der Waals surface area contributed by atoms with Crippen molar-refractivity contribution in [2.24, 2.45) is 0 Å². The Bertz CT molecular complexity index is 611. The molecule has 0 bridgehead atoms. The summed E-state index contributed by atoms with van der Waals surface area (Å²) in [5.41, 5.74) is 8.28. The summed E-state index contributed by atoms with van der Waals surface area (Å²) in [5, 5.41) is 9.13. The molecule has 0 radical (unpaired) electrons. The molecule has 1 aromatic carbocycles. The maximum atomic E-state index is 9.13. The summed E-state index contributed by atoms with van der Waals surface area (Å²) >= 11 is 0. The van der Waals surface area contributed by atoms with Crippen molar-refractivity contribution in [2.45, 2.75) is 45.4 Å². The average molecular weight is 249 g/mol. The van der Waals surface area contributed by atoms with Crippen molar-refractivity contribution in [3.05, 3.63) is 52.1 Å². The summed E-state index contributed by atoms with van der Waals surface area (Å²) in [6.07, 6.45) is 9.02. The molecule has 0 spiro atoms. The van der Waals surface area contributed by atoms with Gasteiger partial charge in [0.25, 0.3) is 0 Å². The first-order chi connectivity index (χ1) is 9.29. The van der Waals surface area contributed by atoms with Crippen molar-refractivity contribution < 1.29 is 0 Å². The van der Waals surface area contributed by atoms with Crippen LogP contribution in [0.1, 0.15) is 48.8 Å². The van der Waals surface area contributed by atoms with E-state index in [0.717, 1.165) is 12.8 Å². The van der Waals surface area contributed by atoms with Gasteiger partial charge in [-0.2, -0.15) is 5.26 Å². The molecule has 96 valence electrons. The summed E-state index contributed by atoms with van der Waals surface area (Å²) in [6, 6.07) is 8.92. The van der Waals surface area contributed by atoms with Crippen LogP contribution in [-0.4, -0.2) is 0 Å². The van der Waals surface area contributed by atoms with E-state index in [1.807, 2.05) is 0 Å². The number of rotatable bonds is 0. The minimum atomic E-state index is 1.12. The van der Waals surface area contributed by atoms with Crippen molar-refractivity contribution >= 4 is 5.57 Å². The predicted octanol–water partition coefficient (Wildman–Crippen LogP) is 4.72. The average Bonchev–Trinajstić information content (AvgIpc) is 2.57. The molecule has 0 N–H and O–H groups in total. The molecule has 0 unspecified atom stereocenters. The SMILES string of the molecule is Cc1ccc2c(c1)CCC1=C(CCCC1)/C2=C\C#N. The predicted molar refractivity (Wildman–Crippen MR) is 78.6 cm³/mol. The molecule has 1 heteroatoms. The molecule has 0 aromatic heterocycles. The number of hydrogen-bond acceptors (Lipinski definition) is 1. The van der Waals surface area contributed by atoms with Crippen LogP contribution in [0.4, 0.5) is 0 Å². The Balaban J connectivity index is 2.18. The van der Waals surface area contributed by atoms with Crippen LogP contribution >= 0.6 is 0 Å². The van der Waals surface area contributed by atoms with Crippen LogP contribution in [-0.2, 0) is 6.42 Å². The number of allylic oxidation sites excluding steroid dienone is 4. The molecule has 0 amide bonds. The third kappa shape index (κ3) is 2.24. The second-order valence-electron chi connectivity index (χ2n) is 5.64. The Labute approximate surface area is 115 Å². The lowest BCUT2D eigenvalue weighted by atomic mass is 9.85. The minimum Gasteiger partial charge on any atom is -0.193 e. The lowest BCUT2D eigenvalue weighted by Gasteiger charge is -2.20. The lowest BCUT2D eigenvalue weighted by molar-refractivity contribution is 0.662. The molecule has 0 heterocycles. The highest BCUT2D eigenvalue weighted by Gasteiger charge is 2.22. The van der Waals surface area contributed by atoms with Gasteiger partial charge in [0.1, 0.15) is 0 Å². The van der Waals surface area contributed by atoms with E-state index in [4.69, 9.17) is 5.26 Å². The first-order valence-corrected chi connectivity index (χ1v) is 7.20. The molecule has 1 aromatic rings. The van der Waals surface area contributed by atoms with Gasteiger partial charge in [0.05, 0.1) is 6.07 Å². The quantitative estimate of drug-likeness (QED) is 0.610. The van der Waals surface area contributed by atoms with Crippen molar-refractivity contribution in [3.8, 4) is 6.07 Å². The Morgan fingerprint density at radius 2 is 1.95 bits per heavy atom. The van der Waals surface area contributed by atoms with E-state index in [1.54, 1.807) is 11.6 Å². The zero-order chi connectivity index (χ0) is 13.2. The highest BCUT2D eigenvalue weighted by atomic mass is 14.3. The second-order valence-corrected chi connectivity index (χ2v) is 5.64. The molecule has 0 saturated heterocycles. The summed E-state index contributed by atoms with van der Waals surface area (Å²) in [7, 11) is 0. The molecule has 1 nitrogen and oxygen atoms in total. The molecule has 19 heavy (non-hydrogen) atoms. The molecule has 3 rings (SSSR count). The van der Waals surface area contributed by atoms with Crippen LogP contribution < -0.4 is 0 Å². The van der Waals surface area contributed by atoms with Crippen LogP contribution in [0.5, 0.6) is 0 Å². The Hall–Kier alpha value is -1.81. The highest BCUT2D eigenvalue weighted by molar-refractivity contribution is 5.84. The van der Waals surface area contributed by atoms with Gasteiger partial charge in [-0.15, -0.1) is 0 Å². The molecule has 0 fully saturated rings. The molecule has 0 aliphatic heterocycles. The lowest BCUT2D eigenvalue weighted by Crippen LogP contribution is -2.00. The van der Waals surface area contributed by atoms with Gasteiger partial charge >= 0.3 is 0 Å². The fourth-order valence-corrected chi connectivity index (χ4v) is 3.44. The maximum Gasteiger partial charge on any atom is 0.0918 e. The molecule has 0 atom stereocenters. The van der Waals surface area contributed by atoms with Gasteiger partial charge in [0.15, 0.2) is 0 Å². The van der Waals surface area contributed by atoms with Gasteiger partial charge in [-0.1, -0.05) is 29.3 Å². The van der Waals surface area contributed by atoms with Crippen molar-refractivity contribution in [1.29, 1.82) is 5.26 Å². The second kappa shape index (κ2) is 5.05. The van der Waals surface area contributed by atoms with E-state index in [9.17, 15) is 0 Å². The van der Waals surface area contributed by atoms with Crippen molar-refractivity contribution in [2.75, 3.05) is 0 Å². The zero-order valence-corrected chi connectivity index (χ0v) is 11.5. The molecule has 2 aliphatic carbocycles. The fraction of sp³-hybridized carbons (Fsp3) is 0.389. The van der Waals surface area contributed by atoms with E-state index in [2.05, 4.69) is 31.2 Å². The first kappa shape index (κ1) is 12.2. The largest absolute Gasteiger partial charge is 0.193 e. The molecular weight excluding hydrogens is 230 g/mol. The van der Waals surface area contributed by atoms with Gasteiger partial charge in [-0.3, -0.25) is 0 Å².